The van der Waals surface area contributed by atoms with Gasteiger partial charge in [0.15, 0.2) is 5.11 Å². The van der Waals surface area contributed by atoms with Crippen molar-refractivity contribution < 1.29 is 4.79 Å². The van der Waals surface area contributed by atoms with E-state index in [0.717, 1.165) is 23.4 Å². The van der Waals surface area contributed by atoms with Gasteiger partial charge in [-0.1, -0.05) is 26.0 Å². The highest BCUT2D eigenvalue weighted by Gasteiger charge is 2.30. The summed E-state index contributed by atoms with van der Waals surface area (Å²) >= 11 is 5.28. The summed E-state index contributed by atoms with van der Waals surface area (Å²) in [4.78, 5) is 11.7. The van der Waals surface area contributed by atoms with E-state index >= 15 is 0 Å². The number of ketones is 1. The summed E-state index contributed by atoms with van der Waals surface area (Å²) < 4.78 is 0. The smallest absolute Gasteiger partial charge is 0.191 e. The standard InChI is InChI=1S/C17H23N3OS/c1-11-5-6-12(2)15(7-11)18-16(22)20-19-13-8-14(21)10-17(3,4)9-13/h5-7H,8-10H2,1-4H3,(H2,18,20,22)/b19-13-. The third-order valence-corrected chi connectivity index (χ3v) is 3.91. The van der Waals surface area contributed by atoms with Crippen LogP contribution in [0.2, 0.25) is 0 Å². The second-order valence-corrected chi connectivity index (χ2v) is 7.20. The SMILES string of the molecule is Cc1ccc(C)c(NC(=S)N/N=C2/CC(=O)CC(C)(C)C2)c1. The van der Waals surface area contributed by atoms with Crippen molar-refractivity contribution in [3.05, 3.63) is 29.3 Å². The maximum atomic E-state index is 11.7. The van der Waals surface area contributed by atoms with Crippen LogP contribution in [0, 0.1) is 19.3 Å². The van der Waals surface area contributed by atoms with Crippen molar-refractivity contribution >= 4 is 34.5 Å². The minimum absolute atomic E-state index is 0.0158. The second-order valence-electron chi connectivity index (χ2n) is 6.80. The number of nitrogens with zero attached hydrogens (tertiary/aromatic N) is 1. The van der Waals surface area contributed by atoms with Crippen molar-refractivity contribution in [1.29, 1.82) is 0 Å². The number of thiocarbonyl (C=S) groups is 1. The summed E-state index contributed by atoms with van der Waals surface area (Å²) in [7, 11) is 0. The Hall–Kier alpha value is -1.75. The molecule has 1 aromatic carbocycles. The van der Waals surface area contributed by atoms with Crippen LogP contribution in [0.1, 0.15) is 44.2 Å². The Morgan fingerprint density at radius 2 is 2.00 bits per heavy atom. The number of aryl methyl sites for hydroxylation is 2. The Morgan fingerprint density at radius 1 is 1.27 bits per heavy atom. The van der Waals surface area contributed by atoms with E-state index in [1.165, 1.54) is 5.56 Å². The molecular formula is C17H23N3OS. The van der Waals surface area contributed by atoms with Crippen molar-refractivity contribution in [1.82, 2.24) is 5.43 Å². The van der Waals surface area contributed by atoms with Gasteiger partial charge in [0, 0.05) is 24.2 Å². The zero-order valence-electron chi connectivity index (χ0n) is 13.6. The van der Waals surface area contributed by atoms with Crippen LogP contribution in [0.4, 0.5) is 5.69 Å². The molecule has 1 aliphatic carbocycles. The molecule has 1 aromatic rings. The van der Waals surface area contributed by atoms with Gasteiger partial charge in [0.2, 0.25) is 0 Å². The van der Waals surface area contributed by atoms with Crippen LogP contribution in [0.25, 0.3) is 0 Å². The molecule has 4 nitrogen and oxygen atoms in total. The molecule has 1 saturated carbocycles. The summed E-state index contributed by atoms with van der Waals surface area (Å²) in [5.41, 5.74) is 6.97. The van der Waals surface area contributed by atoms with Crippen LogP contribution in [-0.4, -0.2) is 16.6 Å². The molecule has 0 amide bonds. The Labute approximate surface area is 137 Å². The van der Waals surface area contributed by atoms with E-state index in [1.54, 1.807) is 0 Å². The Balaban J connectivity index is 1.99. The number of hydrazone groups is 1. The maximum Gasteiger partial charge on any atom is 0.191 e. The summed E-state index contributed by atoms with van der Waals surface area (Å²) in [6, 6.07) is 6.16. The third-order valence-electron chi connectivity index (χ3n) is 3.72. The van der Waals surface area contributed by atoms with Gasteiger partial charge in [0.05, 0.1) is 0 Å². The van der Waals surface area contributed by atoms with Crippen molar-refractivity contribution in [2.45, 2.75) is 47.0 Å². The highest BCUT2D eigenvalue weighted by atomic mass is 32.1. The lowest BCUT2D eigenvalue weighted by atomic mass is 9.76. The van der Waals surface area contributed by atoms with Crippen LogP contribution in [0.3, 0.4) is 0 Å². The minimum atomic E-state index is -0.0158. The lowest BCUT2D eigenvalue weighted by Crippen LogP contribution is -2.32. The Kier molecular flexibility index (Phi) is 4.96. The molecule has 0 spiro atoms. The Bertz CT molecular complexity index is 635. The minimum Gasteiger partial charge on any atom is -0.331 e. The van der Waals surface area contributed by atoms with Gasteiger partial charge >= 0.3 is 0 Å². The molecule has 118 valence electrons. The van der Waals surface area contributed by atoms with Gasteiger partial charge in [-0.25, -0.2) is 0 Å². The van der Waals surface area contributed by atoms with Crippen molar-refractivity contribution in [3.8, 4) is 0 Å². The fourth-order valence-electron chi connectivity index (χ4n) is 2.73. The van der Waals surface area contributed by atoms with E-state index in [2.05, 4.69) is 41.8 Å². The van der Waals surface area contributed by atoms with Gasteiger partial charge in [-0.2, -0.15) is 5.10 Å². The zero-order chi connectivity index (χ0) is 16.3. The van der Waals surface area contributed by atoms with Gasteiger partial charge in [-0.3, -0.25) is 10.2 Å². The first-order valence-electron chi connectivity index (χ1n) is 7.46. The summed E-state index contributed by atoms with van der Waals surface area (Å²) in [5, 5.41) is 7.91. The number of carbonyl (C=O) groups is 1. The molecule has 0 unspecified atom stereocenters. The van der Waals surface area contributed by atoms with Gasteiger partial charge in [0.1, 0.15) is 5.78 Å². The lowest BCUT2D eigenvalue weighted by molar-refractivity contribution is -0.120. The lowest BCUT2D eigenvalue weighted by Gasteiger charge is -2.29. The van der Waals surface area contributed by atoms with Gasteiger partial charge in [0.25, 0.3) is 0 Å². The number of rotatable bonds is 2. The normalized spacial score (nSPS) is 19.1. The molecule has 1 fully saturated rings. The summed E-state index contributed by atoms with van der Waals surface area (Å²) in [6.07, 6.45) is 1.86. The largest absolute Gasteiger partial charge is 0.331 e. The van der Waals surface area contributed by atoms with Crippen molar-refractivity contribution in [2.24, 2.45) is 10.5 Å². The van der Waals surface area contributed by atoms with Crippen molar-refractivity contribution in [3.63, 3.8) is 0 Å². The van der Waals surface area contributed by atoms with Crippen molar-refractivity contribution in [2.75, 3.05) is 5.32 Å². The van der Waals surface area contributed by atoms with Gasteiger partial charge in [-0.05, 0) is 55.1 Å². The molecule has 0 saturated heterocycles. The first-order valence-corrected chi connectivity index (χ1v) is 7.87. The first-order chi connectivity index (χ1) is 10.2. The van der Waals surface area contributed by atoms with E-state index < -0.39 is 0 Å². The number of anilines is 1. The molecule has 22 heavy (non-hydrogen) atoms. The van der Waals surface area contributed by atoms with E-state index in [1.807, 2.05) is 19.9 Å². The zero-order valence-corrected chi connectivity index (χ0v) is 14.4. The van der Waals surface area contributed by atoms with Crippen LogP contribution in [0.15, 0.2) is 23.3 Å². The van der Waals surface area contributed by atoms with Gasteiger partial charge in [-0.15, -0.1) is 0 Å². The van der Waals surface area contributed by atoms with E-state index in [-0.39, 0.29) is 11.2 Å². The molecule has 5 heteroatoms. The van der Waals surface area contributed by atoms with Crippen LogP contribution >= 0.6 is 12.2 Å². The monoisotopic (exact) mass is 317 g/mol. The molecule has 1 aliphatic rings. The number of nitrogens with one attached hydrogen (secondary N) is 2. The number of hydrogen-bond acceptors (Lipinski definition) is 3. The molecule has 0 atom stereocenters. The molecule has 0 aromatic heterocycles. The summed E-state index contributed by atoms with van der Waals surface area (Å²) in [6.45, 7) is 8.24. The Morgan fingerprint density at radius 3 is 2.68 bits per heavy atom. The van der Waals surface area contributed by atoms with E-state index in [4.69, 9.17) is 12.2 Å². The predicted octanol–water partition coefficient (Wildman–Crippen LogP) is 3.73. The van der Waals surface area contributed by atoms with Crippen LogP contribution in [-0.2, 0) is 4.79 Å². The van der Waals surface area contributed by atoms with Crippen LogP contribution < -0.4 is 10.7 Å². The summed E-state index contributed by atoms with van der Waals surface area (Å²) in [5.74, 6) is 0.241. The maximum absolute atomic E-state index is 11.7. The molecule has 2 rings (SSSR count). The number of Topliss-reactive ketones (excluding diaryl/α,β-unsaturated/α-hetero) is 1. The fraction of sp³-hybridized carbons (Fsp3) is 0.471. The average molecular weight is 317 g/mol. The molecule has 0 heterocycles. The fourth-order valence-corrected chi connectivity index (χ4v) is 2.89. The van der Waals surface area contributed by atoms with E-state index in [9.17, 15) is 4.79 Å². The average Bonchev–Trinajstić information content (AvgIpc) is 2.38. The van der Waals surface area contributed by atoms with Gasteiger partial charge < -0.3 is 5.32 Å². The molecule has 0 bridgehead atoms. The third kappa shape index (κ3) is 4.63. The quantitative estimate of drug-likeness (QED) is 0.645. The molecule has 2 N–H and O–H groups in total. The highest BCUT2D eigenvalue weighted by molar-refractivity contribution is 7.80. The second kappa shape index (κ2) is 6.57. The number of hydrogen-bond donors (Lipinski definition) is 2. The van der Waals surface area contributed by atoms with Crippen LogP contribution in [0.5, 0.6) is 0 Å². The highest BCUT2D eigenvalue weighted by Crippen LogP contribution is 2.31. The molecule has 0 aliphatic heterocycles. The first kappa shape index (κ1) is 16.6. The number of benzene rings is 1. The number of carbonyl (C=O) groups excluding carboxylic acids is 1. The predicted molar refractivity (Wildman–Crippen MR) is 95.3 cm³/mol. The molecular weight excluding hydrogens is 294 g/mol. The topological polar surface area (TPSA) is 53.5 Å². The van der Waals surface area contributed by atoms with E-state index in [0.29, 0.717) is 18.0 Å². The molecule has 0 radical (unpaired) electrons.